The molecule has 0 saturated carbocycles. The summed E-state index contributed by atoms with van der Waals surface area (Å²) in [7, 11) is 0. The first-order chi connectivity index (χ1) is 10.1. The van der Waals surface area contributed by atoms with E-state index < -0.39 is 5.82 Å². The van der Waals surface area contributed by atoms with Gasteiger partial charge in [-0.2, -0.15) is 0 Å². The third kappa shape index (κ3) is 2.50. The summed E-state index contributed by atoms with van der Waals surface area (Å²) in [5.74, 6) is 0.0461. The van der Waals surface area contributed by atoms with Gasteiger partial charge in [0.05, 0.1) is 11.1 Å². The van der Waals surface area contributed by atoms with Crippen molar-refractivity contribution in [1.82, 2.24) is 5.16 Å². The topological polar surface area (TPSA) is 52.0 Å². The van der Waals surface area contributed by atoms with Crippen LogP contribution in [-0.2, 0) is 0 Å². The van der Waals surface area contributed by atoms with Gasteiger partial charge in [0.1, 0.15) is 5.82 Å². The van der Waals surface area contributed by atoms with Crippen LogP contribution in [-0.4, -0.2) is 5.16 Å². The number of halogens is 2. The van der Waals surface area contributed by atoms with Crippen LogP contribution in [0.1, 0.15) is 5.56 Å². The predicted molar refractivity (Wildman–Crippen MR) is 81.5 cm³/mol. The zero-order valence-corrected chi connectivity index (χ0v) is 12.0. The molecule has 0 saturated heterocycles. The van der Waals surface area contributed by atoms with Gasteiger partial charge in [0, 0.05) is 5.02 Å². The summed E-state index contributed by atoms with van der Waals surface area (Å²) in [6.45, 7) is 1.97. The van der Waals surface area contributed by atoms with E-state index in [4.69, 9.17) is 21.9 Å². The van der Waals surface area contributed by atoms with Crippen molar-refractivity contribution in [2.45, 2.75) is 6.92 Å². The Labute approximate surface area is 126 Å². The van der Waals surface area contributed by atoms with Crippen LogP contribution in [0.15, 0.2) is 47.0 Å². The Morgan fingerprint density at radius 1 is 1.19 bits per heavy atom. The van der Waals surface area contributed by atoms with Gasteiger partial charge in [-0.25, -0.2) is 4.39 Å². The van der Waals surface area contributed by atoms with Crippen LogP contribution in [0.3, 0.4) is 0 Å². The van der Waals surface area contributed by atoms with E-state index in [1.807, 2.05) is 31.2 Å². The molecule has 0 fully saturated rings. The van der Waals surface area contributed by atoms with E-state index in [0.717, 1.165) is 11.1 Å². The number of nitrogens with zero attached hydrogens (tertiary/aromatic N) is 1. The van der Waals surface area contributed by atoms with Crippen LogP contribution in [0, 0.1) is 12.7 Å². The molecular weight excluding hydrogens is 291 g/mol. The molecule has 0 radical (unpaired) electrons. The lowest BCUT2D eigenvalue weighted by Crippen LogP contribution is -1.90. The number of nitrogens with two attached hydrogens (primary N) is 1. The number of rotatable bonds is 2. The Bertz CT molecular complexity index is 814. The SMILES string of the molecule is Cc1cccc(-c2c(N)noc2-c2ccc(Cl)cc2F)c1. The van der Waals surface area contributed by atoms with Crippen LogP contribution in [0.2, 0.25) is 5.02 Å². The highest BCUT2D eigenvalue weighted by atomic mass is 35.5. The van der Waals surface area contributed by atoms with Gasteiger partial charge in [-0.3, -0.25) is 0 Å². The second kappa shape index (κ2) is 5.22. The molecule has 0 aliphatic carbocycles. The number of hydrogen-bond acceptors (Lipinski definition) is 3. The van der Waals surface area contributed by atoms with Crippen molar-refractivity contribution < 1.29 is 8.91 Å². The minimum Gasteiger partial charge on any atom is -0.380 e. The molecular formula is C16H12ClFN2O. The molecule has 0 aliphatic rings. The minimum absolute atomic E-state index is 0.227. The van der Waals surface area contributed by atoms with Crippen molar-refractivity contribution in [2.24, 2.45) is 0 Å². The fourth-order valence-corrected chi connectivity index (χ4v) is 2.40. The Morgan fingerprint density at radius 3 is 2.71 bits per heavy atom. The van der Waals surface area contributed by atoms with E-state index >= 15 is 0 Å². The van der Waals surface area contributed by atoms with Gasteiger partial charge >= 0.3 is 0 Å². The zero-order valence-electron chi connectivity index (χ0n) is 11.2. The van der Waals surface area contributed by atoms with Gasteiger partial charge in [0.2, 0.25) is 0 Å². The number of anilines is 1. The highest BCUT2D eigenvalue weighted by Gasteiger charge is 2.20. The third-order valence-corrected chi connectivity index (χ3v) is 3.44. The Morgan fingerprint density at radius 2 is 2.00 bits per heavy atom. The van der Waals surface area contributed by atoms with E-state index in [0.29, 0.717) is 16.3 Å². The van der Waals surface area contributed by atoms with Crippen molar-refractivity contribution in [1.29, 1.82) is 0 Å². The average molecular weight is 303 g/mol. The number of nitrogen functional groups attached to an aromatic ring is 1. The lowest BCUT2D eigenvalue weighted by molar-refractivity contribution is 0.433. The van der Waals surface area contributed by atoms with Crippen LogP contribution >= 0.6 is 11.6 Å². The molecule has 1 aromatic heterocycles. The van der Waals surface area contributed by atoms with Gasteiger partial charge in [-0.15, -0.1) is 0 Å². The van der Waals surface area contributed by atoms with Crippen LogP contribution < -0.4 is 5.73 Å². The average Bonchev–Trinajstić information content (AvgIpc) is 2.80. The summed E-state index contributed by atoms with van der Waals surface area (Å²) in [5.41, 5.74) is 8.65. The molecule has 2 N–H and O–H groups in total. The molecule has 2 aromatic carbocycles. The van der Waals surface area contributed by atoms with Gasteiger partial charge in [-0.05, 0) is 30.7 Å². The molecule has 3 nitrogen and oxygen atoms in total. The molecule has 0 unspecified atom stereocenters. The fraction of sp³-hybridized carbons (Fsp3) is 0.0625. The first-order valence-corrected chi connectivity index (χ1v) is 6.71. The van der Waals surface area contributed by atoms with E-state index in [-0.39, 0.29) is 11.4 Å². The maximum Gasteiger partial charge on any atom is 0.179 e. The first-order valence-electron chi connectivity index (χ1n) is 6.34. The van der Waals surface area contributed by atoms with Gasteiger partial charge in [0.15, 0.2) is 11.6 Å². The molecule has 0 aliphatic heterocycles. The second-order valence-electron chi connectivity index (χ2n) is 4.77. The van der Waals surface area contributed by atoms with Crippen molar-refractivity contribution in [2.75, 3.05) is 5.73 Å². The molecule has 3 aromatic rings. The summed E-state index contributed by atoms with van der Waals surface area (Å²) in [5, 5.41) is 4.09. The normalized spacial score (nSPS) is 10.8. The zero-order chi connectivity index (χ0) is 15.0. The summed E-state index contributed by atoms with van der Waals surface area (Å²) in [6.07, 6.45) is 0. The summed E-state index contributed by atoms with van der Waals surface area (Å²) < 4.78 is 19.3. The third-order valence-electron chi connectivity index (χ3n) is 3.20. The fourth-order valence-electron chi connectivity index (χ4n) is 2.24. The van der Waals surface area contributed by atoms with Gasteiger partial charge in [-0.1, -0.05) is 46.6 Å². The van der Waals surface area contributed by atoms with Crippen molar-refractivity contribution in [3.63, 3.8) is 0 Å². The van der Waals surface area contributed by atoms with Crippen LogP contribution in [0.5, 0.6) is 0 Å². The maximum absolute atomic E-state index is 14.1. The Hall–Kier alpha value is -2.33. The standard InChI is InChI=1S/C16H12ClFN2O/c1-9-3-2-4-10(7-9)14-15(21-20-16(14)19)12-6-5-11(17)8-13(12)18/h2-8H,1H3,(H2,19,20). The molecule has 1 heterocycles. The summed E-state index contributed by atoms with van der Waals surface area (Å²) in [4.78, 5) is 0. The Kier molecular flexibility index (Phi) is 3.39. The molecule has 5 heteroatoms. The number of benzene rings is 2. The predicted octanol–water partition coefficient (Wildman–Crippen LogP) is 4.69. The van der Waals surface area contributed by atoms with E-state index in [1.165, 1.54) is 6.07 Å². The molecule has 0 spiro atoms. The smallest absolute Gasteiger partial charge is 0.179 e. The number of hydrogen-bond donors (Lipinski definition) is 1. The van der Waals surface area contributed by atoms with Crippen LogP contribution in [0.25, 0.3) is 22.5 Å². The highest BCUT2D eigenvalue weighted by molar-refractivity contribution is 6.30. The van der Waals surface area contributed by atoms with Crippen molar-refractivity contribution in [3.8, 4) is 22.5 Å². The monoisotopic (exact) mass is 302 g/mol. The molecule has 106 valence electrons. The first kappa shape index (κ1) is 13.6. The lowest BCUT2D eigenvalue weighted by Gasteiger charge is -2.05. The largest absolute Gasteiger partial charge is 0.380 e. The van der Waals surface area contributed by atoms with Crippen LogP contribution in [0.4, 0.5) is 10.2 Å². The molecule has 0 atom stereocenters. The van der Waals surface area contributed by atoms with E-state index in [2.05, 4.69) is 5.16 Å². The second-order valence-corrected chi connectivity index (χ2v) is 5.20. The highest BCUT2D eigenvalue weighted by Crippen LogP contribution is 2.38. The Balaban J connectivity index is 2.22. The minimum atomic E-state index is -0.479. The van der Waals surface area contributed by atoms with Crippen molar-refractivity contribution >= 4 is 17.4 Å². The summed E-state index contributed by atoms with van der Waals surface area (Å²) >= 11 is 5.78. The quantitative estimate of drug-likeness (QED) is 0.747. The van der Waals surface area contributed by atoms with E-state index in [1.54, 1.807) is 12.1 Å². The van der Waals surface area contributed by atoms with Crippen molar-refractivity contribution in [3.05, 3.63) is 58.9 Å². The lowest BCUT2D eigenvalue weighted by atomic mass is 10.00. The molecule has 3 rings (SSSR count). The molecule has 0 bridgehead atoms. The number of aromatic nitrogens is 1. The maximum atomic E-state index is 14.1. The summed E-state index contributed by atoms with van der Waals surface area (Å²) in [6, 6.07) is 12.1. The van der Waals surface area contributed by atoms with Gasteiger partial charge in [0.25, 0.3) is 0 Å². The van der Waals surface area contributed by atoms with E-state index in [9.17, 15) is 4.39 Å². The molecule has 0 amide bonds. The van der Waals surface area contributed by atoms with Gasteiger partial charge < -0.3 is 10.3 Å². The molecule has 21 heavy (non-hydrogen) atoms. The number of aryl methyl sites for hydroxylation is 1.